The van der Waals surface area contributed by atoms with Gasteiger partial charge in [0, 0.05) is 25.3 Å². The van der Waals surface area contributed by atoms with Crippen LogP contribution in [0, 0.1) is 0 Å². The summed E-state index contributed by atoms with van der Waals surface area (Å²) in [6.45, 7) is 0.154. The Labute approximate surface area is 135 Å². The Bertz CT molecular complexity index is 1170. The molecule has 8 nitrogen and oxygen atoms in total. The van der Waals surface area contributed by atoms with E-state index in [0.717, 1.165) is 16.6 Å². The highest BCUT2D eigenvalue weighted by Gasteiger charge is 2.17. The van der Waals surface area contributed by atoms with Crippen molar-refractivity contribution in [1.29, 1.82) is 0 Å². The maximum Gasteiger partial charge on any atom is 0.332 e. The Morgan fingerprint density at radius 1 is 1.17 bits per heavy atom. The van der Waals surface area contributed by atoms with E-state index in [1.807, 2.05) is 30.3 Å². The van der Waals surface area contributed by atoms with Gasteiger partial charge in [-0.3, -0.25) is 13.9 Å². The summed E-state index contributed by atoms with van der Waals surface area (Å²) in [5.41, 5.74) is 7.29. The Hall–Kier alpha value is -3.29. The molecule has 0 saturated heterocycles. The van der Waals surface area contributed by atoms with Crippen LogP contribution in [0.1, 0.15) is 5.69 Å². The van der Waals surface area contributed by atoms with Crippen LogP contribution < -0.4 is 17.0 Å². The Morgan fingerprint density at radius 3 is 2.67 bits per heavy atom. The predicted molar refractivity (Wildman–Crippen MR) is 92.0 cm³/mol. The van der Waals surface area contributed by atoms with Crippen LogP contribution in [0.15, 0.2) is 39.9 Å². The smallest absolute Gasteiger partial charge is 0.332 e. The van der Waals surface area contributed by atoms with Crippen molar-refractivity contribution in [1.82, 2.24) is 23.7 Å². The first kappa shape index (κ1) is 14.3. The average molecular weight is 324 g/mol. The number of hydrogen-bond acceptors (Lipinski definition) is 4. The Kier molecular flexibility index (Phi) is 2.89. The average Bonchev–Trinajstić information content (AvgIpc) is 3.11. The normalized spacial score (nSPS) is 11.6. The molecule has 3 heterocycles. The van der Waals surface area contributed by atoms with Gasteiger partial charge in [0.1, 0.15) is 0 Å². The number of aromatic amines is 1. The van der Waals surface area contributed by atoms with Gasteiger partial charge < -0.3 is 15.3 Å². The zero-order valence-corrected chi connectivity index (χ0v) is 13.3. The van der Waals surface area contributed by atoms with Crippen molar-refractivity contribution in [3.63, 3.8) is 0 Å². The molecule has 0 aliphatic carbocycles. The number of imidazole rings is 1. The lowest BCUT2D eigenvalue weighted by molar-refractivity contribution is 0.648. The van der Waals surface area contributed by atoms with Crippen molar-refractivity contribution in [3.05, 3.63) is 56.9 Å². The number of aromatic nitrogens is 5. The van der Waals surface area contributed by atoms with Gasteiger partial charge in [-0.15, -0.1) is 0 Å². The molecule has 0 spiro atoms. The van der Waals surface area contributed by atoms with Gasteiger partial charge in [0.2, 0.25) is 5.95 Å². The fourth-order valence-electron chi connectivity index (χ4n) is 2.99. The Balaban J connectivity index is 1.94. The van der Waals surface area contributed by atoms with Crippen molar-refractivity contribution in [2.24, 2.45) is 14.1 Å². The van der Waals surface area contributed by atoms with E-state index in [1.54, 1.807) is 14.1 Å². The molecule has 3 aromatic heterocycles. The minimum atomic E-state index is -0.427. The molecular weight excluding hydrogens is 308 g/mol. The minimum absolute atomic E-state index is 0.154. The quantitative estimate of drug-likeness (QED) is 0.562. The first-order valence-electron chi connectivity index (χ1n) is 7.45. The van der Waals surface area contributed by atoms with Gasteiger partial charge in [-0.1, -0.05) is 18.2 Å². The van der Waals surface area contributed by atoms with Crippen LogP contribution in [0.25, 0.3) is 22.1 Å². The fourth-order valence-corrected chi connectivity index (χ4v) is 2.99. The molecule has 0 bridgehead atoms. The molecule has 0 atom stereocenters. The van der Waals surface area contributed by atoms with Crippen molar-refractivity contribution in [3.8, 4) is 0 Å². The molecule has 122 valence electrons. The molecule has 3 N–H and O–H groups in total. The predicted octanol–water partition coefficient (Wildman–Crippen LogP) is 0.545. The summed E-state index contributed by atoms with van der Waals surface area (Å²) >= 11 is 0. The summed E-state index contributed by atoms with van der Waals surface area (Å²) in [5.74, 6) is 0.195. The molecule has 0 radical (unpaired) electrons. The molecule has 8 heteroatoms. The highest BCUT2D eigenvalue weighted by atomic mass is 16.2. The fraction of sp³-hybridized carbons (Fsp3) is 0.188. The lowest BCUT2D eigenvalue weighted by Gasteiger charge is -2.07. The van der Waals surface area contributed by atoms with Crippen LogP contribution in [0.4, 0.5) is 5.95 Å². The van der Waals surface area contributed by atoms with Crippen LogP contribution in [-0.4, -0.2) is 23.7 Å². The lowest BCUT2D eigenvalue weighted by Crippen LogP contribution is -2.39. The largest absolute Gasteiger partial charge is 0.369 e. The number of nitrogens with two attached hydrogens (primary N) is 1. The monoisotopic (exact) mass is 324 g/mol. The van der Waals surface area contributed by atoms with E-state index >= 15 is 0 Å². The van der Waals surface area contributed by atoms with Crippen molar-refractivity contribution >= 4 is 28.0 Å². The second-order valence-corrected chi connectivity index (χ2v) is 5.82. The number of aryl methyl sites for hydroxylation is 2. The van der Waals surface area contributed by atoms with Gasteiger partial charge in [-0.2, -0.15) is 4.98 Å². The molecule has 0 aliphatic rings. The molecule has 0 saturated carbocycles. The van der Waals surface area contributed by atoms with Gasteiger partial charge in [-0.25, -0.2) is 4.79 Å². The molecule has 4 rings (SSSR count). The van der Waals surface area contributed by atoms with Gasteiger partial charge in [0.05, 0.1) is 6.54 Å². The van der Waals surface area contributed by atoms with Crippen molar-refractivity contribution < 1.29 is 0 Å². The van der Waals surface area contributed by atoms with Gasteiger partial charge >= 0.3 is 5.69 Å². The molecule has 1 aromatic carbocycles. The van der Waals surface area contributed by atoms with Crippen LogP contribution in [0.3, 0.4) is 0 Å². The second-order valence-electron chi connectivity index (χ2n) is 5.82. The van der Waals surface area contributed by atoms with E-state index in [0.29, 0.717) is 5.52 Å². The number of benzene rings is 1. The number of hydrogen-bond donors (Lipinski definition) is 2. The zero-order valence-electron chi connectivity index (χ0n) is 13.3. The van der Waals surface area contributed by atoms with E-state index < -0.39 is 11.2 Å². The van der Waals surface area contributed by atoms with Crippen molar-refractivity contribution in [2.75, 3.05) is 5.73 Å². The maximum absolute atomic E-state index is 12.8. The summed E-state index contributed by atoms with van der Waals surface area (Å²) < 4.78 is 4.03. The summed E-state index contributed by atoms with van der Waals surface area (Å²) in [6.07, 6.45) is 0. The van der Waals surface area contributed by atoms with Gasteiger partial charge in [0.25, 0.3) is 5.56 Å². The van der Waals surface area contributed by atoms with E-state index in [9.17, 15) is 9.59 Å². The molecular formula is C16H16N6O2. The maximum atomic E-state index is 12.8. The Morgan fingerprint density at radius 2 is 1.92 bits per heavy atom. The van der Waals surface area contributed by atoms with Crippen LogP contribution >= 0.6 is 0 Å². The minimum Gasteiger partial charge on any atom is -0.369 e. The number of H-pyrrole nitrogens is 1. The highest BCUT2D eigenvalue weighted by molar-refractivity contribution is 5.80. The van der Waals surface area contributed by atoms with E-state index in [4.69, 9.17) is 5.73 Å². The summed E-state index contributed by atoms with van der Waals surface area (Å²) in [4.78, 5) is 32.7. The van der Waals surface area contributed by atoms with Gasteiger partial charge in [-0.05, 0) is 17.5 Å². The molecule has 24 heavy (non-hydrogen) atoms. The first-order chi connectivity index (χ1) is 11.5. The van der Waals surface area contributed by atoms with E-state index in [-0.39, 0.29) is 18.1 Å². The number of anilines is 1. The van der Waals surface area contributed by atoms with Crippen molar-refractivity contribution in [2.45, 2.75) is 6.54 Å². The SMILES string of the molecule is Cn1c(N)nc2c1c(=O)n(Cc1cc3ccccc3[nH]1)c(=O)n2C. The topological polar surface area (TPSA) is 104 Å². The third kappa shape index (κ3) is 1.89. The number of nitrogens with zero attached hydrogens (tertiary/aromatic N) is 4. The zero-order chi connectivity index (χ0) is 17.0. The third-order valence-corrected chi connectivity index (χ3v) is 4.31. The summed E-state index contributed by atoms with van der Waals surface area (Å²) in [7, 11) is 3.24. The van der Waals surface area contributed by atoms with Gasteiger partial charge in [0.15, 0.2) is 11.2 Å². The molecule has 0 aliphatic heterocycles. The second kappa shape index (κ2) is 4.85. The number of nitrogen functional groups attached to an aromatic ring is 1. The first-order valence-corrected chi connectivity index (χ1v) is 7.45. The summed E-state index contributed by atoms with van der Waals surface area (Å²) in [5, 5.41) is 1.03. The van der Waals surface area contributed by atoms with E-state index in [2.05, 4.69) is 9.97 Å². The molecule has 0 unspecified atom stereocenters. The summed E-state index contributed by atoms with van der Waals surface area (Å²) in [6, 6.07) is 9.73. The van der Waals surface area contributed by atoms with Crippen LogP contribution in [0.2, 0.25) is 0 Å². The lowest BCUT2D eigenvalue weighted by atomic mass is 10.2. The van der Waals surface area contributed by atoms with E-state index in [1.165, 1.54) is 13.7 Å². The highest BCUT2D eigenvalue weighted by Crippen LogP contribution is 2.15. The molecule has 4 aromatic rings. The third-order valence-electron chi connectivity index (χ3n) is 4.31. The number of rotatable bonds is 2. The number of para-hydroxylation sites is 1. The van der Waals surface area contributed by atoms with Crippen LogP contribution in [-0.2, 0) is 20.6 Å². The number of nitrogens with one attached hydrogen (secondary N) is 1. The standard InChI is InChI=1S/C16H16N6O2/c1-20-12-13(19-15(20)17)21(2)16(24)22(14(12)23)8-10-7-9-5-3-4-6-11(9)18-10/h3-7,18H,8H2,1-2H3,(H2,17,19). The van der Waals surface area contributed by atoms with Crippen LogP contribution in [0.5, 0.6) is 0 Å². The number of fused-ring (bicyclic) bond motifs is 2. The molecule has 0 fully saturated rings. The molecule has 0 amide bonds.